The molecule has 0 radical (unpaired) electrons. The summed E-state index contributed by atoms with van der Waals surface area (Å²) in [5.74, 6) is 1.26. The summed E-state index contributed by atoms with van der Waals surface area (Å²) in [7, 11) is 1.62. The van der Waals surface area contributed by atoms with Crippen LogP contribution in [0.1, 0.15) is 65.0 Å². The first-order chi connectivity index (χ1) is 11.4. The second kappa shape index (κ2) is 9.52. The Morgan fingerprint density at radius 2 is 2.00 bits per heavy atom. The molecule has 3 N–H and O–H groups in total. The second-order valence-corrected chi connectivity index (χ2v) is 6.47. The summed E-state index contributed by atoms with van der Waals surface area (Å²) in [4.78, 5) is 12.3. The maximum atomic E-state index is 12.3. The van der Waals surface area contributed by atoms with Gasteiger partial charge in [0.1, 0.15) is 0 Å². The Labute approximate surface area is 145 Å². The maximum Gasteiger partial charge on any atom is 0.240 e. The zero-order chi connectivity index (χ0) is 18.2. The van der Waals surface area contributed by atoms with E-state index >= 15 is 0 Å². The van der Waals surface area contributed by atoms with Crippen molar-refractivity contribution < 1.29 is 14.3 Å². The minimum absolute atomic E-state index is 0.140. The van der Waals surface area contributed by atoms with Crippen molar-refractivity contribution in [3.8, 4) is 11.5 Å². The molecule has 0 aliphatic heterocycles. The van der Waals surface area contributed by atoms with Gasteiger partial charge in [0.15, 0.2) is 11.5 Å². The molecule has 1 rings (SSSR count). The van der Waals surface area contributed by atoms with Crippen LogP contribution in [0.15, 0.2) is 18.2 Å². The van der Waals surface area contributed by atoms with Crippen LogP contribution in [0.4, 0.5) is 0 Å². The third-order valence-corrected chi connectivity index (χ3v) is 4.08. The van der Waals surface area contributed by atoms with Crippen LogP contribution in [0.3, 0.4) is 0 Å². The van der Waals surface area contributed by atoms with Gasteiger partial charge >= 0.3 is 0 Å². The van der Waals surface area contributed by atoms with Crippen LogP contribution < -0.4 is 20.5 Å². The van der Waals surface area contributed by atoms with Crippen molar-refractivity contribution in [1.29, 1.82) is 0 Å². The van der Waals surface area contributed by atoms with Gasteiger partial charge in [-0.25, -0.2) is 0 Å². The summed E-state index contributed by atoms with van der Waals surface area (Å²) in [6.45, 7) is 8.51. The molecule has 2 unspecified atom stereocenters. The van der Waals surface area contributed by atoms with E-state index in [0.29, 0.717) is 18.8 Å². The zero-order valence-corrected chi connectivity index (χ0v) is 15.6. The van der Waals surface area contributed by atoms with Crippen molar-refractivity contribution >= 4 is 5.91 Å². The average molecular weight is 336 g/mol. The van der Waals surface area contributed by atoms with E-state index in [0.717, 1.165) is 30.6 Å². The van der Waals surface area contributed by atoms with Crippen LogP contribution in [0.2, 0.25) is 0 Å². The number of hydrogen-bond donors (Lipinski definition) is 2. The van der Waals surface area contributed by atoms with Crippen molar-refractivity contribution in [3.05, 3.63) is 23.8 Å². The molecule has 0 heterocycles. The van der Waals surface area contributed by atoms with E-state index in [1.165, 1.54) is 0 Å². The van der Waals surface area contributed by atoms with Gasteiger partial charge in [0, 0.05) is 0 Å². The van der Waals surface area contributed by atoms with Gasteiger partial charge in [-0.05, 0) is 44.4 Å². The molecule has 1 amide bonds. The number of rotatable bonds is 10. The van der Waals surface area contributed by atoms with Gasteiger partial charge in [-0.1, -0.05) is 32.8 Å². The Morgan fingerprint density at radius 3 is 2.58 bits per heavy atom. The molecule has 2 atom stereocenters. The van der Waals surface area contributed by atoms with E-state index in [1.807, 2.05) is 32.0 Å². The number of benzene rings is 1. The zero-order valence-electron chi connectivity index (χ0n) is 15.6. The van der Waals surface area contributed by atoms with Gasteiger partial charge in [0.05, 0.1) is 25.3 Å². The maximum absolute atomic E-state index is 12.3. The van der Waals surface area contributed by atoms with Crippen molar-refractivity contribution in [1.82, 2.24) is 5.32 Å². The van der Waals surface area contributed by atoms with Crippen LogP contribution in [-0.4, -0.2) is 25.2 Å². The first-order valence-corrected chi connectivity index (χ1v) is 8.76. The van der Waals surface area contributed by atoms with E-state index < -0.39 is 5.54 Å². The lowest BCUT2D eigenvalue weighted by atomic mass is 9.95. The number of methoxy groups -OCH3 is 1. The summed E-state index contributed by atoms with van der Waals surface area (Å²) in [5, 5.41) is 2.98. The van der Waals surface area contributed by atoms with E-state index in [9.17, 15) is 4.79 Å². The highest BCUT2D eigenvalue weighted by Gasteiger charge is 2.28. The van der Waals surface area contributed by atoms with Gasteiger partial charge in [-0.15, -0.1) is 0 Å². The SMILES string of the molecule is CCCCOc1ccc(C(C)NC(=O)C(C)(N)CCC)cc1OC. The lowest BCUT2D eigenvalue weighted by molar-refractivity contribution is -0.126. The number of nitrogens with two attached hydrogens (primary N) is 1. The number of nitrogens with one attached hydrogen (secondary N) is 1. The Balaban J connectivity index is 2.80. The Bertz CT molecular complexity index is 529. The smallest absolute Gasteiger partial charge is 0.240 e. The molecule has 5 nitrogen and oxygen atoms in total. The van der Waals surface area contributed by atoms with Crippen LogP contribution in [0.25, 0.3) is 0 Å². The normalized spacial score (nSPS) is 14.6. The molecule has 0 fully saturated rings. The molecule has 1 aromatic carbocycles. The average Bonchev–Trinajstić information content (AvgIpc) is 2.55. The largest absolute Gasteiger partial charge is 0.493 e. The van der Waals surface area contributed by atoms with Gasteiger partial charge in [-0.3, -0.25) is 4.79 Å². The standard InChI is InChI=1S/C19H32N2O3/c1-6-8-12-24-16-10-9-15(13-17(16)23-5)14(3)21-18(22)19(4,20)11-7-2/h9-10,13-14H,6-8,11-12,20H2,1-5H3,(H,21,22). The van der Waals surface area contributed by atoms with Crippen molar-refractivity contribution in [2.75, 3.05) is 13.7 Å². The first-order valence-electron chi connectivity index (χ1n) is 8.76. The highest BCUT2D eigenvalue weighted by molar-refractivity contribution is 5.85. The molecule has 136 valence electrons. The third kappa shape index (κ3) is 5.71. The minimum atomic E-state index is -0.851. The van der Waals surface area contributed by atoms with Crippen LogP contribution in [0, 0.1) is 0 Å². The number of unbranched alkanes of at least 4 members (excludes halogenated alkanes) is 1. The van der Waals surface area contributed by atoms with Gasteiger partial charge in [-0.2, -0.15) is 0 Å². The number of ether oxygens (including phenoxy) is 2. The molecule has 0 bridgehead atoms. The van der Waals surface area contributed by atoms with E-state index in [4.69, 9.17) is 15.2 Å². The molecule has 0 aromatic heterocycles. The van der Waals surface area contributed by atoms with E-state index in [2.05, 4.69) is 12.2 Å². The minimum Gasteiger partial charge on any atom is -0.493 e. The topological polar surface area (TPSA) is 73.6 Å². The molecule has 0 aliphatic carbocycles. The summed E-state index contributed by atoms with van der Waals surface area (Å²) in [5.41, 5.74) is 6.19. The van der Waals surface area contributed by atoms with Gasteiger partial charge in [0.2, 0.25) is 5.91 Å². The Kier molecular flexibility index (Phi) is 8.05. The van der Waals surface area contributed by atoms with Crippen LogP contribution in [-0.2, 0) is 4.79 Å². The first kappa shape index (κ1) is 20.3. The number of hydrogen-bond acceptors (Lipinski definition) is 4. The molecule has 0 saturated heterocycles. The Hall–Kier alpha value is -1.75. The predicted molar refractivity (Wildman–Crippen MR) is 97.5 cm³/mol. The van der Waals surface area contributed by atoms with Gasteiger partial charge < -0.3 is 20.5 Å². The van der Waals surface area contributed by atoms with Gasteiger partial charge in [0.25, 0.3) is 0 Å². The molecule has 5 heteroatoms. The van der Waals surface area contributed by atoms with E-state index in [1.54, 1.807) is 14.0 Å². The highest BCUT2D eigenvalue weighted by Crippen LogP contribution is 2.30. The van der Waals surface area contributed by atoms with Crippen molar-refractivity contribution in [3.63, 3.8) is 0 Å². The molecule has 0 spiro atoms. The lowest BCUT2D eigenvalue weighted by Gasteiger charge is -2.26. The molecule has 0 aliphatic rings. The predicted octanol–water partition coefficient (Wildman–Crippen LogP) is 3.57. The van der Waals surface area contributed by atoms with Crippen molar-refractivity contribution in [2.45, 2.75) is 65.0 Å². The van der Waals surface area contributed by atoms with E-state index in [-0.39, 0.29) is 11.9 Å². The fourth-order valence-electron chi connectivity index (χ4n) is 2.48. The number of carbonyl (C=O) groups excluding carboxylic acids is 1. The van der Waals surface area contributed by atoms with Crippen LogP contribution in [0.5, 0.6) is 11.5 Å². The summed E-state index contributed by atoms with van der Waals surface area (Å²) < 4.78 is 11.2. The Morgan fingerprint density at radius 1 is 1.29 bits per heavy atom. The molecular formula is C19H32N2O3. The molecule has 0 saturated carbocycles. The number of amides is 1. The molecular weight excluding hydrogens is 304 g/mol. The van der Waals surface area contributed by atoms with Crippen LogP contribution >= 0.6 is 0 Å². The molecule has 1 aromatic rings. The highest BCUT2D eigenvalue weighted by atomic mass is 16.5. The second-order valence-electron chi connectivity index (χ2n) is 6.47. The summed E-state index contributed by atoms with van der Waals surface area (Å²) >= 11 is 0. The summed E-state index contributed by atoms with van der Waals surface area (Å²) in [6.07, 6.45) is 3.61. The monoisotopic (exact) mass is 336 g/mol. The van der Waals surface area contributed by atoms with Crippen molar-refractivity contribution in [2.24, 2.45) is 5.73 Å². The lowest BCUT2D eigenvalue weighted by Crippen LogP contribution is -2.52. The fourth-order valence-corrected chi connectivity index (χ4v) is 2.48. The third-order valence-electron chi connectivity index (χ3n) is 4.08. The summed E-state index contributed by atoms with van der Waals surface area (Å²) in [6, 6.07) is 5.58. The quantitative estimate of drug-likeness (QED) is 0.641. The fraction of sp³-hybridized carbons (Fsp3) is 0.632. The molecule has 24 heavy (non-hydrogen) atoms. The number of carbonyl (C=O) groups is 1.